The fourth-order valence-corrected chi connectivity index (χ4v) is 3.71. The van der Waals surface area contributed by atoms with Gasteiger partial charge in [-0.3, -0.25) is 4.79 Å². The SMILES string of the molecule is Cc1noc(C)c1C(=O)N1CCC(c2nccn2CCCN(C)C)CC1. The Labute approximate surface area is 155 Å². The molecule has 0 aromatic carbocycles. The Morgan fingerprint density at radius 2 is 2.04 bits per heavy atom. The zero-order valence-corrected chi connectivity index (χ0v) is 16.2. The van der Waals surface area contributed by atoms with Gasteiger partial charge < -0.3 is 18.9 Å². The summed E-state index contributed by atoms with van der Waals surface area (Å²) in [6.45, 7) is 7.18. The molecule has 2 aromatic heterocycles. The predicted molar refractivity (Wildman–Crippen MR) is 99.3 cm³/mol. The quantitative estimate of drug-likeness (QED) is 0.792. The van der Waals surface area contributed by atoms with Gasteiger partial charge in [-0.25, -0.2) is 4.98 Å². The first-order chi connectivity index (χ1) is 12.5. The molecule has 2 aromatic rings. The number of imidazole rings is 1. The van der Waals surface area contributed by atoms with Crippen LogP contribution in [0.1, 0.15) is 52.8 Å². The number of carbonyl (C=O) groups excluding carboxylic acids is 1. The van der Waals surface area contributed by atoms with Crippen LogP contribution in [0.4, 0.5) is 0 Å². The molecule has 0 atom stereocenters. The first-order valence-corrected chi connectivity index (χ1v) is 9.35. The zero-order chi connectivity index (χ0) is 18.7. The summed E-state index contributed by atoms with van der Waals surface area (Å²) < 4.78 is 7.42. The van der Waals surface area contributed by atoms with Crippen LogP contribution in [0.15, 0.2) is 16.9 Å². The molecule has 3 rings (SSSR count). The maximum atomic E-state index is 12.8. The van der Waals surface area contributed by atoms with Gasteiger partial charge in [0.15, 0.2) is 0 Å². The summed E-state index contributed by atoms with van der Waals surface area (Å²) in [5.74, 6) is 2.21. The summed E-state index contributed by atoms with van der Waals surface area (Å²) in [5.41, 5.74) is 1.29. The standard InChI is InChI=1S/C19H29N5O2/c1-14-17(15(2)26-21-14)19(25)24-11-6-16(7-12-24)18-20-8-13-23(18)10-5-9-22(3)4/h8,13,16H,5-7,9-12H2,1-4H3. The summed E-state index contributed by atoms with van der Waals surface area (Å²) >= 11 is 0. The first-order valence-electron chi connectivity index (χ1n) is 9.35. The molecule has 0 unspecified atom stereocenters. The number of amides is 1. The molecule has 1 aliphatic heterocycles. The Morgan fingerprint density at radius 1 is 1.31 bits per heavy atom. The van der Waals surface area contributed by atoms with E-state index in [1.807, 2.05) is 18.0 Å². The number of aryl methyl sites for hydroxylation is 3. The van der Waals surface area contributed by atoms with Crippen LogP contribution in [0, 0.1) is 13.8 Å². The third-order valence-corrected chi connectivity index (χ3v) is 5.15. The normalized spacial score (nSPS) is 15.8. The Morgan fingerprint density at radius 3 is 2.65 bits per heavy atom. The maximum Gasteiger partial charge on any atom is 0.259 e. The van der Waals surface area contributed by atoms with E-state index in [1.165, 1.54) is 0 Å². The lowest BCUT2D eigenvalue weighted by atomic mass is 9.95. The number of carbonyl (C=O) groups is 1. The number of nitrogens with zero attached hydrogens (tertiary/aromatic N) is 5. The van der Waals surface area contributed by atoms with E-state index in [2.05, 4.69) is 39.9 Å². The van der Waals surface area contributed by atoms with Crippen LogP contribution in [-0.4, -0.2) is 64.1 Å². The fourth-order valence-electron chi connectivity index (χ4n) is 3.71. The van der Waals surface area contributed by atoms with Crippen LogP contribution < -0.4 is 0 Å². The van der Waals surface area contributed by atoms with Gasteiger partial charge in [-0.15, -0.1) is 0 Å². The summed E-state index contributed by atoms with van der Waals surface area (Å²) in [7, 11) is 4.20. The van der Waals surface area contributed by atoms with Crippen LogP contribution in [-0.2, 0) is 6.54 Å². The van der Waals surface area contributed by atoms with Crippen molar-refractivity contribution >= 4 is 5.91 Å². The molecule has 1 amide bonds. The van der Waals surface area contributed by atoms with Crippen molar-refractivity contribution in [1.29, 1.82) is 0 Å². The van der Waals surface area contributed by atoms with Crippen molar-refractivity contribution in [2.24, 2.45) is 0 Å². The Kier molecular flexibility index (Phi) is 5.76. The van der Waals surface area contributed by atoms with Gasteiger partial charge in [0.05, 0.1) is 5.69 Å². The first kappa shape index (κ1) is 18.6. The van der Waals surface area contributed by atoms with E-state index < -0.39 is 0 Å². The number of likely N-dealkylation sites (tertiary alicyclic amines) is 1. The highest BCUT2D eigenvalue weighted by molar-refractivity contribution is 5.96. The molecule has 1 saturated heterocycles. The smallest absolute Gasteiger partial charge is 0.259 e. The minimum Gasteiger partial charge on any atom is -0.361 e. The van der Waals surface area contributed by atoms with Gasteiger partial charge in [0.25, 0.3) is 5.91 Å². The van der Waals surface area contributed by atoms with E-state index in [4.69, 9.17) is 4.52 Å². The van der Waals surface area contributed by atoms with Crippen LogP contribution in [0.5, 0.6) is 0 Å². The molecule has 0 bridgehead atoms. The minimum absolute atomic E-state index is 0.0361. The van der Waals surface area contributed by atoms with E-state index in [1.54, 1.807) is 6.92 Å². The van der Waals surface area contributed by atoms with Crippen LogP contribution in [0.25, 0.3) is 0 Å². The van der Waals surface area contributed by atoms with Crippen molar-refractivity contribution in [1.82, 2.24) is 24.5 Å². The van der Waals surface area contributed by atoms with Crippen molar-refractivity contribution in [2.45, 2.75) is 45.6 Å². The van der Waals surface area contributed by atoms with Gasteiger partial charge in [0.2, 0.25) is 0 Å². The number of rotatable bonds is 6. The lowest BCUT2D eigenvalue weighted by Gasteiger charge is -2.32. The number of hydrogen-bond acceptors (Lipinski definition) is 5. The van der Waals surface area contributed by atoms with Crippen LogP contribution in [0.2, 0.25) is 0 Å². The topological polar surface area (TPSA) is 67.4 Å². The molecule has 142 valence electrons. The van der Waals surface area contributed by atoms with Gasteiger partial charge in [-0.1, -0.05) is 5.16 Å². The summed E-state index contributed by atoms with van der Waals surface area (Å²) in [5, 5.41) is 3.90. The van der Waals surface area contributed by atoms with Gasteiger partial charge in [-0.2, -0.15) is 0 Å². The molecule has 1 aliphatic rings. The van der Waals surface area contributed by atoms with E-state index in [-0.39, 0.29) is 5.91 Å². The third-order valence-electron chi connectivity index (χ3n) is 5.15. The second-order valence-corrected chi connectivity index (χ2v) is 7.40. The second-order valence-electron chi connectivity index (χ2n) is 7.40. The molecule has 7 nitrogen and oxygen atoms in total. The minimum atomic E-state index is 0.0361. The summed E-state index contributed by atoms with van der Waals surface area (Å²) in [6, 6.07) is 0. The molecule has 0 spiro atoms. The Bertz CT molecular complexity index is 721. The fraction of sp³-hybridized carbons (Fsp3) is 0.632. The van der Waals surface area contributed by atoms with Gasteiger partial charge in [0.1, 0.15) is 17.1 Å². The average molecular weight is 359 g/mol. The monoisotopic (exact) mass is 359 g/mol. The lowest BCUT2D eigenvalue weighted by Crippen LogP contribution is -2.38. The lowest BCUT2D eigenvalue weighted by molar-refractivity contribution is 0.0708. The van der Waals surface area contributed by atoms with Crippen molar-refractivity contribution in [3.63, 3.8) is 0 Å². The molecule has 0 N–H and O–H groups in total. The molecular formula is C19H29N5O2. The number of piperidine rings is 1. The largest absolute Gasteiger partial charge is 0.361 e. The average Bonchev–Trinajstić information content (AvgIpc) is 3.21. The molecule has 0 radical (unpaired) electrons. The zero-order valence-electron chi connectivity index (χ0n) is 16.2. The van der Waals surface area contributed by atoms with Crippen LogP contribution in [0.3, 0.4) is 0 Å². The number of hydrogen-bond donors (Lipinski definition) is 0. The molecule has 7 heteroatoms. The van der Waals surface area contributed by atoms with E-state index in [9.17, 15) is 4.79 Å². The Balaban J connectivity index is 1.59. The van der Waals surface area contributed by atoms with Crippen molar-refractivity contribution in [3.8, 4) is 0 Å². The summed E-state index contributed by atoms with van der Waals surface area (Å²) in [4.78, 5) is 21.5. The van der Waals surface area contributed by atoms with Crippen molar-refractivity contribution < 1.29 is 9.32 Å². The van der Waals surface area contributed by atoms with E-state index in [0.29, 0.717) is 22.9 Å². The molecule has 26 heavy (non-hydrogen) atoms. The maximum absolute atomic E-state index is 12.8. The van der Waals surface area contributed by atoms with Crippen molar-refractivity contribution in [2.75, 3.05) is 33.7 Å². The Hall–Kier alpha value is -2.15. The van der Waals surface area contributed by atoms with Crippen LogP contribution >= 0.6 is 0 Å². The molecule has 0 aliphatic carbocycles. The molecular weight excluding hydrogens is 330 g/mol. The number of aromatic nitrogens is 3. The second kappa shape index (κ2) is 8.03. The van der Waals surface area contributed by atoms with Gasteiger partial charge >= 0.3 is 0 Å². The highest BCUT2D eigenvalue weighted by Gasteiger charge is 2.29. The van der Waals surface area contributed by atoms with Gasteiger partial charge in [0, 0.05) is 37.9 Å². The van der Waals surface area contributed by atoms with E-state index >= 15 is 0 Å². The predicted octanol–water partition coefficient (Wildman–Crippen LogP) is 2.46. The van der Waals surface area contributed by atoms with E-state index in [0.717, 1.165) is 51.3 Å². The highest BCUT2D eigenvalue weighted by atomic mass is 16.5. The molecule has 1 fully saturated rings. The highest BCUT2D eigenvalue weighted by Crippen LogP contribution is 2.28. The van der Waals surface area contributed by atoms with Gasteiger partial charge in [-0.05, 0) is 53.8 Å². The van der Waals surface area contributed by atoms with Crippen molar-refractivity contribution in [3.05, 3.63) is 35.2 Å². The third kappa shape index (κ3) is 3.98. The molecule has 3 heterocycles. The molecule has 0 saturated carbocycles. The summed E-state index contributed by atoms with van der Waals surface area (Å²) in [6.07, 6.45) is 6.97.